The van der Waals surface area contributed by atoms with Crippen LogP contribution in [0.2, 0.25) is 0 Å². The zero-order valence-electron chi connectivity index (χ0n) is 7.40. The van der Waals surface area contributed by atoms with Crippen molar-refractivity contribution in [1.29, 1.82) is 0 Å². The molecule has 66 valence electrons. The van der Waals surface area contributed by atoms with Crippen molar-refractivity contribution in [1.82, 2.24) is 0 Å². The van der Waals surface area contributed by atoms with E-state index < -0.39 is 0 Å². The fraction of sp³-hybridized carbons (Fsp3) is 0.778. The van der Waals surface area contributed by atoms with E-state index >= 15 is 0 Å². The van der Waals surface area contributed by atoms with Gasteiger partial charge in [-0.1, -0.05) is 11.6 Å². The largest absolute Gasteiger partial charge is 0.179 e. The molecule has 0 atom stereocenters. The zero-order valence-corrected chi connectivity index (χ0v) is 9.80. The Bertz CT molecular complexity index is 157. The topological polar surface area (TPSA) is 0 Å². The van der Waals surface area contributed by atoms with E-state index in [1.54, 1.807) is 5.57 Å². The lowest BCUT2D eigenvalue weighted by Crippen LogP contribution is -1.99. The van der Waals surface area contributed by atoms with Crippen LogP contribution in [0.3, 0.4) is 0 Å². The monoisotopic (exact) mass is 236 g/mol. The van der Waals surface area contributed by atoms with E-state index in [-0.39, 0.29) is 8.46 Å². The lowest BCUT2D eigenvalue weighted by atomic mass is 10.3. The van der Waals surface area contributed by atoms with Crippen LogP contribution in [-0.2, 0) is 0 Å². The van der Waals surface area contributed by atoms with Crippen LogP contribution in [0.1, 0.15) is 26.7 Å². The van der Waals surface area contributed by atoms with Gasteiger partial charge < -0.3 is 0 Å². The average Bonchev–Trinajstić information content (AvgIpc) is 2.36. The molecule has 0 nitrogen and oxygen atoms in total. The minimum absolute atomic E-state index is 0.371. The van der Waals surface area contributed by atoms with Gasteiger partial charge in [0.1, 0.15) is 0 Å². The highest BCUT2D eigenvalue weighted by atomic mass is 79.9. The summed E-state index contributed by atoms with van der Waals surface area (Å²) in [4.78, 5) is 0. The van der Waals surface area contributed by atoms with Gasteiger partial charge in [-0.05, 0) is 53.0 Å². The second-order valence-electron chi connectivity index (χ2n) is 3.33. The number of hydrogen-bond donors (Lipinski definition) is 0. The molecule has 1 saturated heterocycles. The van der Waals surface area contributed by atoms with E-state index in [0.29, 0.717) is 0 Å². The minimum atomic E-state index is -0.371. The predicted octanol–water partition coefficient (Wildman–Crippen LogP) is 3.86. The quantitative estimate of drug-likeness (QED) is 0.640. The molecule has 0 aromatic heterocycles. The molecule has 1 aliphatic rings. The third kappa shape index (κ3) is 2.83. The van der Waals surface area contributed by atoms with Gasteiger partial charge in [0.05, 0.1) is 0 Å². The van der Waals surface area contributed by atoms with Crippen LogP contribution >= 0.6 is 23.3 Å². The molecule has 0 bridgehead atoms. The van der Waals surface area contributed by atoms with Crippen molar-refractivity contribution < 1.29 is 0 Å². The molecule has 0 amide bonds. The van der Waals surface area contributed by atoms with E-state index in [0.717, 1.165) is 0 Å². The molecule has 0 aliphatic carbocycles. The molecule has 1 aliphatic heterocycles. The summed E-state index contributed by atoms with van der Waals surface area (Å²) in [6.45, 7) is 4.38. The van der Waals surface area contributed by atoms with E-state index in [9.17, 15) is 0 Å². The van der Waals surface area contributed by atoms with Gasteiger partial charge in [0.2, 0.25) is 0 Å². The SMILES string of the molecule is C/C=C(/C)CS1(Br)CCCC1. The van der Waals surface area contributed by atoms with Crippen LogP contribution in [0, 0.1) is 0 Å². The summed E-state index contributed by atoms with van der Waals surface area (Å²) in [6, 6.07) is 0. The molecule has 0 aromatic rings. The van der Waals surface area contributed by atoms with Crippen molar-refractivity contribution in [2.45, 2.75) is 26.7 Å². The molecule has 1 rings (SSSR count). The predicted molar refractivity (Wildman–Crippen MR) is 59.8 cm³/mol. The Balaban J connectivity index is 2.46. The Hall–Kier alpha value is 0.570. The molecule has 11 heavy (non-hydrogen) atoms. The first-order valence-corrected chi connectivity index (χ1v) is 8.22. The molecule has 0 spiro atoms. The van der Waals surface area contributed by atoms with Crippen molar-refractivity contribution in [2.24, 2.45) is 0 Å². The van der Waals surface area contributed by atoms with Gasteiger partial charge in [-0.3, -0.25) is 0 Å². The van der Waals surface area contributed by atoms with Crippen molar-refractivity contribution in [3.63, 3.8) is 0 Å². The summed E-state index contributed by atoms with van der Waals surface area (Å²) < 4.78 is 0. The summed E-state index contributed by atoms with van der Waals surface area (Å²) in [5.74, 6) is 4.21. The summed E-state index contributed by atoms with van der Waals surface area (Å²) in [5, 5.41) is 0. The number of halogens is 1. The molecule has 0 aromatic carbocycles. The Labute approximate surface area is 79.0 Å². The first kappa shape index (κ1) is 9.66. The minimum Gasteiger partial charge on any atom is -0.179 e. The van der Waals surface area contributed by atoms with Gasteiger partial charge in [-0.25, -0.2) is 0 Å². The van der Waals surface area contributed by atoms with E-state index in [4.69, 9.17) is 0 Å². The molecular formula is C9H17BrS. The van der Waals surface area contributed by atoms with Crippen molar-refractivity contribution in [2.75, 3.05) is 17.3 Å². The third-order valence-electron chi connectivity index (χ3n) is 2.25. The molecule has 1 heterocycles. The lowest BCUT2D eigenvalue weighted by molar-refractivity contribution is 0.949. The highest BCUT2D eigenvalue weighted by Gasteiger charge is 2.24. The van der Waals surface area contributed by atoms with Crippen LogP contribution in [0.15, 0.2) is 11.6 Å². The molecule has 0 N–H and O–H groups in total. The van der Waals surface area contributed by atoms with E-state index in [2.05, 4.69) is 34.7 Å². The third-order valence-corrected chi connectivity index (χ3v) is 7.89. The smallest absolute Gasteiger partial charge is 0.00714 e. The first-order chi connectivity index (χ1) is 5.16. The van der Waals surface area contributed by atoms with Crippen molar-refractivity contribution in [3.05, 3.63) is 11.6 Å². The maximum atomic E-state index is 3.93. The maximum Gasteiger partial charge on any atom is 0.00714 e. The molecule has 1 fully saturated rings. The molecule has 0 saturated carbocycles. The second kappa shape index (κ2) is 3.99. The Morgan fingerprint density at radius 3 is 2.45 bits per heavy atom. The van der Waals surface area contributed by atoms with E-state index in [1.807, 2.05) is 0 Å². The van der Waals surface area contributed by atoms with Crippen LogP contribution in [0.25, 0.3) is 0 Å². The summed E-state index contributed by atoms with van der Waals surface area (Å²) in [6.07, 6.45) is 5.13. The van der Waals surface area contributed by atoms with E-state index in [1.165, 1.54) is 30.1 Å². The average molecular weight is 237 g/mol. The number of allylic oxidation sites excluding steroid dienone is 1. The van der Waals surface area contributed by atoms with Crippen LogP contribution < -0.4 is 0 Å². The zero-order chi connectivity index (χ0) is 8.32. The Morgan fingerprint density at radius 1 is 1.45 bits per heavy atom. The Morgan fingerprint density at radius 2 is 2.00 bits per heavy atom. The highest BCUT2D eigenvalue weighted by Crippen LogP contribution is 2.61. The fourth-order valence-corrected chi connectivity index (χ4v) is 6.83. The Kier molecular flexibility index (Phi) is 3.51. The number of rotatable bonds is 2. The highest BCUT2D eigenvalue weighted by molar-refractivity contribution is 9.58. The lowest BCUT2D eigenvalue weighted by Gasteiger charge is -2.27. The van der Waals surface area contributed by atoms with Gasteiger partial charge >= 0.3 is 0 Å². The maximum absolute atomic E-state index is 3.93. The van der Waals surface area contributed by atoms with Crippen LogP contribution in [0.4, 0.5) is 0 Å². The molecule has 2 heteroatoms. The molecular weight excluding hydrogens is 220 g/mol. The number of hydrogen-bond acceptors (Lipinski definition) is 0. The molecule has 0 radical (unpaired) electrons. The molecule has 0 unspecified atom stereocenters. The second-order valence-corrected chi connectivity index (χ2v) is 10.4. The van der Waals surface area contributed by atoms with Gasteiger partial charge in [0, 0.05) is 5.75 Å². The van der Waals surface area contributed by atoms with Gasteiger partial charge in [0.15, 0.2) is 0 Å². The normalized spacial score (nSPS) is 27.0. The fourth-order valence-electron chi connectivity index (χ4n) is 1.46. The van der Waals surface area contributed by atoms with Gasteiger partial charge in [-0.15, -0.1) is 0 Å². The van der Waals surface area contributed by atoms with Gasteiger partial charge in [0.25, 0.3) is 0 Å². The first-order valence-electron chi connectivity index (χ1n) is 4.24. The van der Waals surface area contributed by atoms with Gasteiger partial charge in [-0.2, -0.15) is 8.46 Å². The standard InChI is InChI=1S/C9H17BrS/c1-3-9(2)8-11(10)6-4-5-7-11/h3H,4-8H2,1-2H3/b9-3-. The summed E-state index contributed by atoms with van der Waals surface area (Å²) in [7, 11) is -0.371. The summed E-state index contributed by atoms with van der Waals surface area (Å²) >= 11 is 3.93. The van der Waals surface area contributed by atoms with Crippen molar-refractivity contribution >= 4 is 23.3 Å². The summed E-state index contributed by atoms with van der Waals surface area (Å²) in [5.41, 5.74) is 1.55. The van der Waals surface area contributed by atoms with Crippen molar-refractivity contribution in [3.8, 4) is 0 Å². The van der Waals surface area contributed by atoms with Crippen LogP contribution in [-0.4, -0.2) is 17.3 Å². The van der Waals surface area contributed by atoms with Crippen LogP contribution in [0.5, 0.6) is 0 Å².